The van der Waals surface area contributed by atoms with Gasteiger partial charge in [0.25, 0.3) is 6.02 Å². The molecule has 8 fully saturated rings. The normalized spacial score (nSPS) is 19.7. The second kappa shape index (κ2) is 55.3. The predicted molar refractivity (Wildman–Crippen MR) is 483 cm³/mol. The maximum atomic E-state index is 11.4. The number of guanidine groups is 1. The van der Waals surface area contributed by atoms with Crippen molar-refractivity contribution in [1.82, 2.24) is 63.3 Å². The largest absolute Gasteiger partial charge is 1.00 e. The summed E-state index contributed by atoms with van der Waals surface area (Å²) in [6, 6.07) is 37.1. The van der Waals surface area contributed by atoms with E-state index in [1.54, 1.807) is 13.8 Å². The van der Waals surface area contributed by atoms with Gasteiger partial charge in [-0.25, -0.2) is 40.9 Å². The summed E-state index contributed by atoms with van der Waals surface area (Å²) in [5.41, 5.74) is 28.1. The Morgan fingerprint density at radius 3 is 1.02 bits per heavy atom. The molecule has 2 amide bonds. The fraction of sp³-hybridized carbons (Fsp3) is 0.652. The molecule has 8 aliphatic rings. The summed E-state index contributed by atoms with van der Waals surface area (Å²) in [7, 11) is 3.04. The molecule has 122 heavy (non-hydrogen) atoms. The number of carbonyl (C=O) groups excluding carboxylic acids is 1. The van der Waals surface area contributed by atoms with Gasteiger partial charge in [-0.3, -0.25) is 15.5 Å². The van der Waals surface area contributed by atoms with Crippen LogP contribution in [-0.4, -0.2) is 191 Å². The van der Waals surface area contributed by atoms with Gasteiger partial charge in [0.15, 0.2) is 6.19 Å². The number of aliphatic imine (C=N–C) groups is 2. The number of piperidine rings is 4. The second-order valence-electron chi connectivity index (χ2n) is 33.5. The number of aliphatic hydroxyl groups excluding tert-OH is 1. The Labute approximate surface area is 754 Å². The molecule has 4 aliphatic heterocycles. The molecule has 668 valence electrons. The number of likely N-dealkylation sites (tertiary alicyclic amines) is 4. The van der Waals surface area contributed by atoms with Gasteiger partial charge in [0, 0.05) is 107 Å². The number of nitrogens with one attached hydrogen (secondary N) is 3. The van der Waals surface area contributed by atoms with Crippen LogP contribution in [0, 0.1) is 11.5 Å². The number of anilines is 2. The molecule has 0 unspecified atom stereocenters. The first-order chi connectivity index (χ1) is 58.8. The topological polar surface area (TPSA) is 363 Å². The van der Waals surface area contributed by atoms with E-state index < -0.39 is 6.03 Å². The third-order valence-corrected chi connectivity index (χ3v) is 25.5. The molecule has 0 bridgehead atoms. The first-order valence-electron chi connectivity index (χ1n) is 46.0. The van der Waals surface area contributed by atoms with E-state index >= 15 is 0 Å². The number of fused-ring (bicyclic) bond motifs is 4. The van der Waals surface area contributed by atoms with Crippen LogP contribution in [0.3, 0.4) is 0 Å². The van der Waals surface area contributed by atoms with E-state index in [1.807, 2.05) is 61.5 Å². The van der Waals surface area contributed by atoms with Gasteiger partial charge in [0.1, 0.15) is 0 Å². The molecule has 0 spiro atoms. The number of hydrogen-bond acceptors (Lipinski definition) is 18. The Hall–Kier alpha value is -7.21. The molecule has 13 N–H and O–H groups in total. The standard InChI is InChI=1S/C23H35N5O.C22H34N6O.C21H31N5O.C21H29N5.C2H6O.C2H5O.CH6NO.ClH.Na/c1-2-29-22(24)26-23-25-20-12-8-9-13-21(20)28(23)19-14-16-27(17-15-19)18-10-6-4-3-5-7-11-18;1-29-26-21(23)25-22-24-19-11-7-8-12-20(19)28(22)18-13-15-27(16-14-18)17-9-5-3-2-4-6-10-17;22-20(27)24-21-23-18-10-6-7-11-19(18)26(21)17-12-14-25(15-13-17)16-8-4-2-1-3-5-9-16;22-16-23-21-24-19-10-6-7-11-20(19)26(21)18-12-14-25(15-13-18)17-8-4-2-1-3-5-9-17;2*1-2-3;1-3-2;;/h8-9,12-13,18-19H,2-7,10-11,14-17H2,1H3,(H2,24,25,26);7-8,11-12,17-18H,2-6,9-10,13-16H2,1H3,(H3,23,24,25,26);6-7,10-11,16-17H,1-5,8-9,12-15H2,(H3,22,23,24,27);6-7,10-11,17-18H,1-5,8-9,12-15H2,(H,23,24);3H,2H2,1H3;2H2,1H3;1-2H3;1H;/q;;;;;-1;+1;;+1/p-1. The molecule has 0 atom stereocenters. The SMILES string of the molecule is CCO.CCOC(N)=Nc1nc2ccccc2n1C1CCN(C2CCCCCCC2)CC1.CC[O-].CONC(N)=Nc1nc2ccccc2n1C1CCN(C2CCCCCCC2)CC1.CO[NH3+].N#CNc1nc2ccccc2n1C1CCN(C2CCCCCCC2)CC1.NC(=O)Nc1nc2ccccc2n1C1CCN(C2CCCCCCC2)CC1.[Cl-].[Na+]. The van der Waals surface area contributed by atoms with Crippen LogP contribution in [0.2, 0.25) is 0 Å². The van der Waals surface area contributed by atoms with E-state index in [9.17, 15) is 4.79 Å². The molecule has 30 heteroatoms. The Kier molecular flexibility index (Phi) is 45.4. The number of hydrogen-bond donors (Lipinski definition) is 8. The molecule has 4 aliphatic carbocycles. The van der Waals surface area contributed by atoms with Crippen LogP contribution in [0.1, 0.15) is 276 Å². The summed E-state index contributed by atoms with van der Waals surface area (Å²) in [5.74, 6) is 5.79. The number of hydroxylamine groups is 1. The Bertz CT molecular complexity index is 4190. The summed E-state index contributed by atoms with van der Waals surface area (Å²) in [5, 5.41) is 31.1. The number of halogens is 1. The van der Waals surface area contributed by atoms with Crippen molar-refractivity contribution in [2.75, 3.05) is 97.0 Å². The van der Waals surface area contributed by atoms with Gasteiger partial charge in [0.05, 0.1) is 65.0 Å². The number of rotatable bonds is 14. The fourth-order valence-corrected chi connectivity index (χ4v) is 19.9. The minimum atomic E-state index is -0.557. The number of aromatic nitrogens is 8. The number of para-hydroxylation sites is 8. The number of ether oxygens (including phenoxy) is 1. The number of amidine groups is 1. The maximum Gasteiger partial charge on any atom is 1.00 e. The monoisotopic (exact) mass is 1710 g/mol. The molecule has 8 aromatic rings. The number of nitrogens with zero attached hydrogens (tertiary/aromatic N) is 15. The van der Waals surface area contributed by atoms with Crippen LogP contribution in [0.4, 0.5) is 28.6 Å². The van der Waals surface area contributed by atoms with Crippen molar-refractivity contribution in [3.05, 3.63) is 97.1 Å². The van der Waals surface area contributed by atoms with Gasteiger partial charge in [-0.1, -0.05) is 184 Å². The van der Waals surface area contributed by atoms with E-state index in [0.29, 0.717) is 54.6 Å². The van der Waals surface area contributed by atoms with Crippen LogP contribution in [0.25, 0.3) is 44.1 Å². The molecule has 4 aromatic heterocycles. The molecule has 4 saturated carbocycles. The third-order valence-electron chi connectivity index (χ3n) is 25.5. The van der Waals surface area contributed by atoms with Gasteiger partial charge in [0.2, 0.25) is 29.8 Å². The third kappa shape index (κ3) is 29.7. The van der Waals surface area contributed by atoms with E-state index in [-0.39, 0.29) is 67.2 Å². The van der Waals surface area contributed by atoms with Crippen molar-refractivity contribution in [2.24, 2.45) is 27.2 Å². The Balaban J connectivity index is 0.000000194. The number of imidazole rings is 4. The van der Waals surface area contributed by atoms with Gasteiger partial charge < -0.3 is 82.4 Å². The number of amides is 2. The zero-order chi connectivity index (χ0) is 84.6. The van der Waals surface area contributed by atoms with E-state index in [0.717, 1.165) is 172 Å². The molecule has 28 nitrogen and oxygen atoms in total. The smallest absolute Gasteiger partial charge is 1.00 e. The number of nitriles is 1. The number of quaternary nitrogens is 1. The number of carbonyl (C=O) groups is 1. The first kappa shape index (κ1) is 100. The minimum Gasteiger partial charge on any atom is -1.00 e. The van der Waals surface area contributed by atoms with Crippen LogP contribution in [0.15, 0.2) is 107 Å². The Morgan fingerprint density at radius 2 is 0.721 bits per heavy atom. The van der Waals surface area contributed by atoms with Crippen molar-refractivity contribution in [3.63, 3.8) is 0 Å². The number of aliphatic hydroxyl groups is 1. The van der Waals surface area contributed by atoms with Gasteiger partial charge in [-0.2, -0.15) is 15.2 Å². The molecular weight excluding hydrogens is 1570 g/mol. The van der Waals surface area contributed by atoms with E-state index in [4.69, 9.17) is 52.2 Å². The van der Waals surface area contributed by atoms with Crippen molar-refractivity contribution in [2.45, 2.75) is 300 Å². The number of primary amides is 1. The number of nitrogens with two attached hydrogens (primary N) is 3. The number of benzene rings is 4. The van der Waals surface area contributed by atoms with Gasteiger partial charge in [-0.15, -0.1) is 6.61 Å². The fourth-order valence-electron chi connectivity index (χ4n) is 19.9. The van der Waals surface area contributed by atoms with E-state index in [2.05, 4.69) is 133 Å². The summed E-state index contributed by atoms with van der Waals surface area (Å²) in [6.45, 7) is 15.1. The summed E-state index contributed by atoms with van der Waals surface area (Å²) >= 11 is 0. The molecule has 0 radical (unpaired) electrons. The molecule has 4 aromatic carbocycles. The van der Waals surface area contributed by atoms with Gasteiger partial charge >= 0.3 is 35.6 Å². The zero-order valence-corrected chi connectivity index (χ0v) is 77.4. The second-order valence-corrected chi connectivity index (χ2v) is 33.5. The number of urea groups is 1. The molecular formula is C92H146ClN22NaO6. The van der Waals surface area contributed by atoms with Crippen molar-refractivity contribution in [1.29, 1.82) is 5.26 Å². The quantitative estimate of drug-likeness (QED) is 0.0125. The molecule has 16 rings (SSSR count). The average Bonchev–Trinajstić information content (AvgIpc) is 1.65. The summed E-state index contributed by atoms with van der Waals surface area (Å²) in [6.07, 6.45) is 50.0. The van der Waals surface area contributed by atoms with Crippen LogP contribution >= 0.6 is 0 Å². The van der Waals surface area contributed by atoms with Crippen LogP contribution in [-0.2, 0) is 14.4 Å². The zero-order valence-electron chi connectivity index (χ0n) is 74.6. The van der Waals surface area contributed by atoms with Crippen LogP contribution in [0.5, 0.6) is 0 Å². The van der Waals surface area contributed by atoms with Crippen molar-refractivity contribution >= 4 is 85.9 Å². The Morgan fingerprint density at radius 1 is 0.459 bits per heavy atom. The summed E-state index contributed by atoms with van der Waals surface area (Å²) in [4.78, 5) is 59.0. The van der Waals surface area contributed by atoms with Crippen molar-refractivity contribution < 1.29 is 77.3 Å². The first-order valence-corrected chi connectivity index (χ1v) is 46.0. The predicted octanol–water partition coefficient (Wildman–Crippen LogP) is 9.77. The molecule has 4 saturated heterocycles. The summed E-state index contributed by atoms with van der Waals surface area (Å²) < 4.78 is 14.4. The van der Waals surface area contributed by atoms with Crippen LogP contribution < -0.4 is 86.3 Å². The average molecular weight is 1710 g/mol. The van der Waals surface area contributed by atoms with Crippen molar-refractivity contribution in [3.8, 4) is 6.19 Å². The molecule has 8 heterocycles. The minimum absolute atomic E-state index is 0. The maximum absolute atomic E-state index is 11.4. The van der Waals surface area contributed by atoms with E-state index in [1.165, 1.54) is 194 Å². The van der Waals surface area contributed by atoms with Gasteiger partial charge in [-0.05, 0) is 165 Å².